The number of aromatic nitrogens is 2. The average Bonchev–Trinajstić information content (AvgIpc) is 2.78. The van der Waals surface area contributed by atoms with Crippen molar-refractivity contribution < 1.29 is 13.9 Å². The van der Waals surface area contributed by atoms with E-state index < -0.39 is 0 Å². The van der Waals surface area contributed by atoms with Crippen LogP contribution in [0.1, 0.15) is 37.9 Å². The largest absolute Gasteiger partial charge is 0.466 e. The van der Waals surface area contributed by atoms with Crippen molar-refractivity contribution in [3.8, 4) is 0 Å². The fourth-order valence-corrected chi connectivity index (χ4v) is 2.43. The van der Waals surface area contributed by atoms with Gasteiger partial charge in [0.05, 0.1) is 23.0 Å². The summed E-state index contributed by atoms with van der Waals surface area (Å²) in [6.07, 6.45) is 0.913. The van der Waals surface area contributed by atoms with Gasteiger partial charge in [-0.25, -0.2) is 9.37 Å². The molecule has 2 aromatic rings. The first-order valence-electron chi connectivity index (χ1n) is 6.98. The van der Waals surface area contributed by atoms with E-state index in [1.54, 1.807) is 13.0 Å². The topological polar surface area (TPSA) is 44.1 Å². The van der Waals surface area contributed by atoms with Gasteiger partial charge >= 0.3 is 5.97 Å². The minimum atomic E-state index is -0.317. The van der Waals surface area contributed by atoms with Gasteiger partial charge in [-0.1, -0.05) is 0 Å². The highest BCUT2D eigenvalue weighted by Gasteiger charge is 2.15. The van der Waals surface area contributed by atoms with Crippen molar-refractivity contribution in [2.75, 3.05) is 6.61 Å². The Hall–Kier alpha value is -1.62. The monoisotopic (exact) mass is 312 g/mol. The lowest BCUT2D eigenvalue weighted by Gasteiger charge is -2.10. The number of hydrogen-bond donors (Lipinski definition) is 0. The van der Waals surface area contributed by atoms with Crippen molar-refractivity contribution in [2.24, 2.45) is 0 Å². The molecular weight excluding hydrogens is 295 g/mol. The number of ether oxygens (including phenoxy) is 1. The first kappa shape index (κ1) is 15.8. The van der Waals surface area contributed by atoms with E-state index in [1.165, 1.54) is 12.1 Å². The zero-order valence-electron chi connectivity index (χ0n) is 12.1. The molecule has 0 aliphatic rings. The van der Waals surface area contributed by atoms with Gasteiger partial charge in [-0.2, -0.15) is 0 Å². The third kappa shape index (κ3) is 3.73. The molecule has 0 N–H and O–H groups in total. The standard InChI is InChI=1S/C15H18ClFN2O2/c1-3-21-14(20)5-4-8-19-13-9-11(17)6-7-12(13)18-15(19)10(2)16/h6-7,9-10H,3-5,8H2,1-2H3. The molecule has 1 heterocycles. The minimum absolute atomic E-state index is 0.228. The van der Waals surface area contributed by atoms with Crippen LogP contribution in [-0.4, -0.2) is 22.1 Å². The minimum Gasteiger partial charge on any atom is -0.466 e. The van der Waals surface area contributed by atoms with Gasteiger partial charge in [0, 0.05) is 13.0 Å². The van der Waals surface area contributed by atoms with E-state index in [4.69, 9.17) is 16.3 Å². The molecule has 21 heavy (non-hydrogen) atoms. The van der Waals surface area contributed by atoms with Crippen LogP contribution in [0.4, 0.5) is 4.39 Å². The zero-order chi connectivity index (χ0) is 15.4. The molecule has 0 amide bonds. The predicted molar refractivity (Wildman–Crippen MR) is 79.8 cm³/mol. The van der Waals surface area contributed by atoms with Crippen LogP contribution in [0, 0.1) is 5.82 Å². The molecule has 0 aliphatic heterocycles. The number of carbonyl (C=O) groups is 1. The molecule has 6 heteroatoms. The van der Waals surface area contributed by atoms with Gasteiger partial charge in [-0.3, -0.25) is 4.79 Å². The summed E-state index contributed by atoms with van der Waals surface area (Å²) in [7, 11) is 0. The highest BCUT2D eigenvalue weighted by Crippen LogP contribution is 2.25. The van der Waals surface area contributed by atoms with Gasteiger partial charge < -0.3 is 9.30 Å². The molecule has 1 aromatic carbocycles. The lowest BCUT2D eigenvalue weighted by atomic mass is 10.2. The molecule has 0 fully saturated rings. The molecule has 0 radical (unpaired) electrons. The number of fused-ring (bicyclic) bond motifs is 1. The molecule has 1 unspecified atom stereocenters. The van der Waals surface area contributed by atoms with E-state index >= 15 is 0 Å². The lowest BCUT2D eigenvalue weighted by Crippen LogP contribution is -2.09. The second kappa shape index (κ2) is 6.89. The quantitative estimate of drug-likeness (QED) is 0.601. The van der Waals surface area contributed by atoms with E-state index in [2.05, 4.69) is 4.98 Å². The SMILES string of the molecule is CCOC(=O)CCCn1c(C(C)Cl)nc2ccc(F)cc21. The Morgan fingerprint density at radius 3 is 2.95 bits per heavy atom. The van der Waals surface area contributed by atoms with Gasteiger partial charge in [0.1, 0.15) is 11.6 Å². The first-order valence-corrected chi connectivity index (χ1v) is 7.42. The highest BCUT2D eigenvalue weighted by atomic mass is 35.5. The van der Waals surface area contributed by atoms with Gasteiger partial charge in [0.15, 0.2) is 0 Å². The Bertz CT molecular complexity index is 640. The van der Waals surface area contributed by atoms with Crippen LogP contribution in [0.15, 0.2) is 18.2 Å². The van der Waals surface area contributed by atoms with E-state index in [9.17, 15) is 9.18 Å². The number of esters is 1. The van der Waals surface area contributed by atoms with Crippen molar-refractivity contribution in [2.45, 2.75) is 38.6 Å². The Morgan fingerprint density at radius 2 is 2.29 bits per heavy atom. The molecule has 4 nitrogen and oxygen atoms in total. The van der Waals surface area contributed by atoms with Crippen LogP contribution in [0.2, 0.25) is 0 Å². The van der Waals surface area contributed by atoms with Crippen molar-refractivity contribution in [1.29, 1.82) is 0 Å². The maximum absolute atomic E-state index is 13.4. The number of halogens is 2. The van der Waals surface area contributed by atoms with Crippen molar-refractivity contribution >= 4 is 28.6 Å². The number of benzene rings is 1. The normalized spacial score (nSPS) is 12.6. The Balaban J connectivity index is 2.22. The number of nitrogens with zero attached hydrogens (tertiary/aromatic N) is 2. The zero-order valence-corrected chi connectivity index (χ0v) is 12.9. The van der Waals surface area contributed by atoms with E-state index in [0.29, 0.717) is 42.9 Å². The summed E-state index contributed by atoms with van der Waals surface area (Å²) >= 11 is 6.14. The summed E-state index contributed by atoms with van der Waals surface area (Å²) < 4.78 is 20.2. The molecule has 2 rings (SSSR count). The number of aryl methyl sites for hydroxylation is 1. The van der Waals surface area contributed by atoms with Crippen LogP contribution in [0.25, 0.3) is 11.0 Å². The van der Waals surface area contributed by atoms with Gasteiger partial charge in [-0.15, -0.1) is 11.6 Å². The number of carbonyl (C=O) groups excluding carboxylic acids is 1. The molecular formula is C15H18ClFN2O2. The summed E-state index contributed by atoms with van der Waals surface area (Å²) in [4.78, 5) is 15.8. The van der Waals surface area contributed by atoms with E-state index in [-0.39, 0.29) is 17.2 Å². The summed E-state index contributed by atoms with van der Waals surface area (Å²) in [6, 6.07) is 4.45. The molecule has 0 bridgehead atoms. The molecule has 0 saturated carbocycles. The Labute approximate surface area is 127 Å². The molecule has 1 atom stereocenters. The fraction of sp³-hybridized carbons (Fsp3) is 0.467. The number of rotatable bonds is 6. The fourth-order valence-electron chi connectivity index (χ4n) is 2.27. The molecule has 0 saturated heterocycles. The molecule has 114 valence electrons. The third-order valence-corrected chi connectivity index (χ3v) is 3.36. The van der Waals surface area contributed by atoms with Crippen LogP contribution in [0.5, 0.6) is 0 Å². The predicted octanol–water partition coefficient (Wildman–Crippen LogP) is 3.82. The summed E-state index contributed by atoms with van der Waals surface area (Å²) in [6.45, 7) is 4.52. The van der Waals surface area contributed by atoms with Crippen molar-refractivity contribution in [3.05, 3.63) is 29.8 Å². The van der Waals surface area contributed by atoms with E-state index in [1.807, 2.05) is 11.5 Å². The molecule has 1 aromatic heterocycles. The number of alkyl halides is 1. The number of hydrogen-bond acceptors (Lipinski definition) is 3. The lowest BCUT2D eigenvalue weighted by molar-refractivity contribution is -0.143. The number of imidazole rings is 1. The first-order chi connectivity index (χ1) is 10.0. The third-order valence-electron chi connectivity index (χ3n) is 3.16. The molecule has 0 spiro atoms. The van der Waals surface area contributed by atoms with Crippen LogP contribution in [-0.2, 0) is 16.1 Å². The van der Waals surface area contributed by atoms with Crippen LogP contribution < -0.4 is 0 Å². The smallest absolute Gasteiger partial charge is 0.305 e. The second-order valence-electron chi connectivity index (χ2n) is 4.78. The maximum Gasteiger partial charge on any atom is 0.305 e. The summed E-state index contributed by atoms with van der Waals surface area (Å²) in [5.41, 5.74) is 1.40. The maximum atomic E-state index is 13.4. The van der Waals surface area contributed by atoms with Gasteiger partial charge in [0.2, 0.25) is 0 Å². The van der Waals surface area contributed by atoms with Crippen LogP contribution >= 0.6 is 11.6 Å². The second-order valence-corrected chi connectivity index (χ2v) is 5.43. The van der Waals surface area contributed by atoms with Crippen molar-refractivity contribution in [1.82, 2.24) is 9.55 Å². The molecule has 0 aliphatic carbocycles. The highest BCUT2D eigenvalue weighted by molar-refractivity contribution is 6.20. The summed E-state index contributed by atoms with van der Waals surface area (Å²) in [5.74, 6) is 0.137. The van der Waals surface area contributed by atoms with Crippen molar-refractivity contribution in [3.63, 3.8) is 0 Å². The average molecular weight is 313 g/mol. The van der Waals surface area contributed by atoms with E-state index in [0.717, 1.165) is 0 Å². The summed E-state index contributed by atoms with van der Waals surface area (Å²) in [5, 5.41) is -0.289. The Morgan fingerprint density at radius 1 is 1.52 bits per heavy atom. The Kier molecular flexibility index (Phi) is 5.17. The van der Waals surface area contributed by atoms with Crippen LogP contribution in [0.3, 0.4) is 0 Å². The van der Waals surface area contributed by atoms with Gasteiger partial charge in [-0.05, 0) is 38.5 Å². The van der Waals surface area contributed by atoms with Gasteiger partial charge in [0.25, 0.3) is 0 Å².